The van der Waals surface area contributed by atoms with E-state index >= 15 is 0 Å². The molecule has 1 N–H and O–H groups in total. The Labute approximate surface area is 133 Å². The number of piperidine rings is 1. The molecular weight excluding hydrogens is 276 g/mol. The van der Waals surface area contributed by atoms with E-state index in [1.807, 2.05) is 36.1 Å². The average Bonchev–Trinajstić information content (AvgIpc) is 2.53. The number of ether oxygens (including phenoxy) is 1. The standard InChI is InChI=1S/C18H28N2O2/c1-4-12-22-17-7-5-6-16(13-17)19-15(3)18(21)20-10-8-14(2)9-11-20/h5-7,13-15,19H,4,8-12H2,1-3H3. The molecule has 0 bridgehead atoms. The van der Waals surface area contributed by atoms with E-state index in [1.54, 1.807) is 0 Å². The van der Waals surface area contributed by atoms with Gasteiger partial charge in [0.15, 0.2) is 0 Å². The third-order valence-electron chi connectivity index (χ3n) is 4.16. The molecule has 1 atom stereocenters. The van der Waals surface area contributed by atoms with Crippen LogP contribution in [0.5, 0.6) is 5.75 Å². The average molecular weight is 304 g/mol. The third-order valence-corrected chi connectivity index (χ3v) is 4.16. The third kappa shape index (κ3) is 4.65. The lowest BCUT2D eigenvalue weighted by atomic mass is 9.99. The minimum Gasteiger partial charge on any atom is -0.494 e. The van der Waals surface area contributed by atoms with Crippen LogP contribution in [0.15, 0.2) is 24.3 Å². The first-order chi connectivity index (χ1) is 10.6. The van der Waals surface area contributed by atoms with Crippen molar-refractivity contribution in [2.45, 2.75) is 46.1 Å². The number of likely N-dealkylation sites (tertiary alicyclic amines) is 1. The van der Waals surface area contributed by atoms with E-state index in [1.165, 1.54) is 0 Å². The first kappa shape index (κ1) is 16.7. The maximum atomic E-state index is 12.5. The second kappa shape index (κ2) is 8.06. The fraction of sp³-hybridized carbons (Fsp3) is 0.611. The molecule has 0 spiro atoms. The Hall–Kier alpha value is -1.71. The van der Waals surface area contributed by atoms with Crippen molar-refractivity contribution < 1.29 is 9.53 Å². The van der Waals surface area contributed by atoms with Gasteiger partial charge in [-0.2, -0.15) is 0 Å². The lowest BCUT2D eigenvalue weighted by Gasteiger charge is -2.32. The smallest absolute Gasteiger partial charge is 0.244 e. The van der Waals surface area contributed by atoms with Crippen molar-refractivity contribution in [1.82, 2.24) is 4.90 Å². The molecule has 1 aliphatic heterocycles. The van der Waals surface area contributed by atoms with Gasteiger partial charge in [0, 0.05) is 24.8 Å². The molecule has 122 valence electrons. The summed E-state index contributed by atoms with van der Waals surface area (Å²) in [5.74, 6) is 1.77. The first-order valence-corrected chi connectivity index (χ1v) is 8.38. The lowest BCUT2D eigenvalue weighted by Crippen LogP contribution is -2.45. The van der Waals surface area contributed by atoms with Crippen molar-refractivity contribution in [3.63, 3.8) is 0 Å². The van der Waals surface area contributed by atoms with Crippen LogP contribution in [-0.4, -0.2) is 36.5 Å². The van der Waals surface area contributed by atoms with E-state index in [-0.39, 0.29) is 11.9 Å². The Morgan fingerprint density at radius 2 is 2.14 bits per heavy atom. The first-order valence-electron chi connectivity index (χ1n) is 8.38. The summed E-state index contributed by atoms with van der Waals surface area (Å²) in [4.78, 5) is 14.5. The van der Waals surface area contributed by atoms with Gasteiger partial charge in [0.25, 0.3) is 0 Å². The second-order valence-corrected chi connectivity index (χ2v) is 6.25. The summed E-state index contributed by atoms with van der Waals surface area (Å²) >= 11 is 0. The molecule has 1 aromatic rings. The van der Waals surface area contributed by atoms with Crippen LogP contribution >= 0.6 is 0 Å². The number of anilines is 1. The van der Waals surface area contributed by atoms with Crippen molar-refractivity contribution in [3.8, 4) is 5.75 Å². The molecule has 1 aliphatic rings. The van der Waals surface area contributed by atoms with Gasteiger partial charge < -0.3 is 15.0 Å². The summed E-state index contributed by atoms with van der Waals surface area (Å²) in [6, 6.07) is 7.61. The number of hydrogen-bond donors (Lipinski definition) is 1. The molecule has 0 aliphatic carbocycles. The summed E-state index contributed by atoms with van der Waals surface area (Å²) in [7, 11) is 0. The highest BCUT2D eigenvalue weighted by atomic mass is 16.5. The zero-order chi connectivity index (χ0) is 15.9. The van der Waals surface area contributed by atoms with Gasteiger partial charge >= 0.3 is 0 Å². The van der Waals surface area contributed by atoms with Crippen LogP contribution in [0.1, 0.15) is 40.0 Å². The summed E-state index contributed by atoms with van der Waals surface area (Å²) < 4.78 is 5.63. The molecule has 0 radical (unpaired) electrons. The number of amides is 1. The molecule has 1 unspecified atom stereocenters. The van der Waals surface area contributed by atoms with E-state index in [2.05, 4.69) is 19.2 Å². The summed E-state index contributed by atoms with van der Waals surface area (Å²) in [5.41, 5.74) is 0.930. The normalized spacial score (nSPS) is 17.1. The SMILES string of the molecule is CCCOc1cccc(NC(C)C(=O)N2CCC(C)CC2)c1. The van der Waals surface area contributed by atoms with E-state index in [4.69, 9.17) is 4.74 Å². The molecule has 1 aromatic carbocycles. The molecule has 0 aromatic heterocycles. The minimum absolute atomic E-state index is 0.187. The van der Waals surface area contributed by atoms with Crippen molar-refractivity contribution >= 4 is 11.6 Å². The van der Waals surface area contributed by atoms with Gasteiger partial charge in [0.1, 0.15) is 11.8 Å². The van der Waals surface area contributed by atoms with Gasteiger partial charge in [0.05, 0.1) is 6.61 Å². The Balaban J connectivity index is 1.90. The maximum Gasteiger partial charge on any atom is 0.244 e. The summed E-state index contributed by atoms with van der Waals surface area (Å²) in [6.07, 6.45) is 3.21. The van der Waals surface area contributed by atoms with Crippen LogP contribution in [0.2, 0.25) is 0 Å². The van der Waals surface area contributed by atoms with Crippen LogP contribution in [0, 0.1) is 5.92 Å². The molecule has 1 fully saturated rings. The highest BCUT2D eigenvalue weighted by Gasteiger charge is 2.24. The molecule has 22 heavy (non-hydrogen) atoms. The Kier molecular flexibility index (Phi) is 6.10. The highest BCUT2D eigenvalue weighted by molar-refractivity contribution is 5.84. The Bertz CT molecular complexity index is 482. The van der Waals surface area contributed by atoms with Crippen molar-refractivity contribution in [2.24, 2.45) is 5.92 Å². The van der Waals surface area contributed by atoms with E-state index < -0.39 is 0 Å². The van der Waals surface area contributed by atoms with E-state index in [0.717, 1.165) is 49.7 Å². The Morgan fingerprint density at radius 1 is 1.41 bits per heavy atom. The van der Waals surface area contributed by atoms with Gasteiger partial charge in [-0.3, -0.25) is 4.79 Å². The van der Waals surface area contributed by atoms with Gasteiger partial charge in [-0.05, 0) is 44.2 Å². The summed E-state index contributed by atoms with van der Waals surface area (Å²) in [5, 5.41) is 3.30. The number of carbonyl (C=O) groups excluding carboxylic acids is 1. The molecule has 2 rings (SSSR count). The molecule has 4 heteroatoms. The van der Waals surface area contributed by atoms with Crippen LogP contribution in [-0.2, 0) is 4.79 Å². The Morgan fingerprint density at radius 3 is 2.82 bits per heavy atom. The molecule has 1 heterocycles. The van der Waals surface area contributed by atoms with Gasteiger partial charge in [0.2, 0.25) is 5.91 Å². The molecular formula is C18H28N2O2. The number of rotatable bonds is 6. The van der Waals surface area contributed by atoms with Gasteiger partial charge in [-0.15, -0.1) is 0 Å². The van der Waals surface area contributed by atoms with Crippen LogP contribution in [0.3, 0.4) is 0 Å². The van der Waals surface area contributed by atoms with Gasteiger partial charge in [-0.25, -0.2) is 0 Å². The minimum atomic E-state index is -0.213. The lowest BCUT2D eigenvalue weighted by molar-refractivity contribution is -0.132. The number of carbonyl (C=O) groups is 1. The van der Waals surface area contributed by atoms with Gasteiger partial charge in [-0.1, -0.05) is 19.9 Å². The fourth-order valence-electron chi connectivity index (χ4n) is 2.71. The number of nitrogens with zero attached hydrogens (tertiary/aromatic N) is 1. The zero-order valence-corrected chi connectivity index (χ0v) is 14.0. The molecule has 1 amide bonds. The second-order valence-electron chi connectivity index (χ2n) is 6.25. The largest absolute Gasteiger partial charge is 0.494 e. The fourth-order valence-corrected chi connectivity index (χ4v) is 2.71. The van der Waals surface area contributed by atoms with E-state index in [9.17, 15) is 4.79 Å². The number of nitrogens with one attached hydrogen (secondary N) is 1. The monoisotopic (exact) mass is 304 g/mol. The van der Waals surface area contributed by atoms with Crippen LogP contribution < -0.4 is 10.1 Å². The summed E-state index contributed by atoms with van der Waals surface area (Å²) in [6.45, 7) is 8.74. The number of hydrogen-bond acceptors (Lipinski definition) is 3. The predicted molar refractivity (Wildman–Crippen MR) is 90.3 cm³/mol. The molecule has 4 nitrogen and oxygen atoms in total. The van der Waals surface area contributed by atoms with Crippen molar-refractivity contribution in [3.05, 3.63) is 24.3 Å². The number of benzene rings is 1. The highest BCUT2D eigenvalue weighted by Crippen LogP contribution is 2.20. The van der Waals surface area contributed by atoms with Crippen LogP contribution in [0.4, 0.5) is 5.69 Å². The van der Waals surface area contributed by atoms with Crippen LogP contribution in [0.25, 0.3) is 0 Å². The van der Waals surface area contributed by atoms with Crippen molar-refractivity contribution in [2.75, 3.05) is 25.0 Å². The molecule has 0 saturated carbocycles. The van der Waals surface area contributed by atoms with Crippen molar-refractivity contribution in [1.29, 1.82) is 0 Å². The maximum absolute atomic E-state index is 12.5. The quantitative estimate of drug-likeness (QED) is 0.874. The zero-order valence-electron chi connectivity index (χ0n) is 14.0. The predicted octanol–water partition coefficient (Wildman–Crippen LogP) is 3.53. The van der Waals surface area contributed by atoms with E-state index in [0.29, 0.717) is 6.61 Å². The topological polar surface area (TPSA) is 41.6 Å². The molecule has 1 saturated heterocycles.